The Kier molecular flexibility index (Phi) is 6.23. The minimum absolute atomic E-state index is 0.0232. The van der Waals surface area contributed by atoms with E-state index in [4.69, 9.17) is 18.9 Å². The highest BCUT2D eigenvalue weighted by molar-refractivity contribution is 5.95. The van der Waals surface area contributed by atoms with Crippen LogP contribution in [0.3, 0.4) is 0 Å². The van der Waals surface area contributed by atoms with Crippen molar-refractivity contribution in [2.24, 2.45) is 0 Å². The number of carbonyl (C=O) groups excluding carboxylic acids is 2. The van der Waals surface area contributed by atoms with Gasteiger partial charge in [-0.1, -0.05) is 12.1 Å². The molecule has 2 aromatic rings. The van der Waals surface area contributed by atoms with Gasteiger partial charge in [0.1, 0.15) is 23.9 Å². The maximum atomic E-state index is 12.5. The summed E-state index contributed by atoms with van der Waals surface area (Å²) in [4.78, 5) is 24.8. The molecule has 0 saturated heterocycles. The fourth-order valence-corrected chi connectivity index (χ4v) is 2.98. The number of nitrogens with one attached hydrogen (secondary N) is 2. The summed E-state index contributed by atoms with van der Waals surface area (Å²) in [5.74, 6) is 1.29. The molecule has 0 fully saturated rings. The van der Waals surface area contributed by atoms with Gasteiger partial charge in [0.05, 0.1) is 38.6 Å². The second kappa shape index (κ2) is 9.01. The molecule has 8 nitrogen and oxygen atoms in total. The van der Waals surface area contributed by atoms with Gasteiger partial charge in [0.25, 0.3) is 0 Å². The molecular weight excluding hydrogens is 376 g/mol. The zero-order valence-electron chi connectivity index (χ0n) is 16.4. The van der Waals surface area contributed by atoms with Gasteiger partial charge in [-0.15, -0.1) is 0 Å². The smallest absolute Gasteiger partial charge is 0.338 e. The summed E-state index contributed by atoms with van der Waals surface area (Å²) in [5, 5.41) is 5.41. The van der Waals surface area contributed by atoms with E-state index in [0.29, 0.717) is 28.5 Å². The molecule has 3 rings (SSSR count). The van der Waals surface area contributed by atoms with E-state index < -0.39 is 18.0 Å². The van der Waals surface area contributed by atoms with Crippen molar-refractivity contribution >= 4 is 12.0 Å². The molecule has 0 aromatic heterocycles. The number of methoxy groups -OCH3 is 3. The molecule has 8 heteroatoms. The molecule has 1 aliphatic heterocycles. The van der Waals surface area contributed by atoms with Crippen LogP contribution in [0.15, 0.2) is 59.8 Å². The van der Waals surface area contributed by atoms with Crippen molar-refractivity contribution in [2.75, 3.05) is 27.9 Å². The highest BCUT2D eigenvalue weighted by Gasteiger charge is 2.34. The lowest BCUT2D eigenvalue weighted by molar-refractivity contribution is -0.136. The van der Waals surface area contributed by atoms with Gasteiger partial charge < -0.3 is 29.6 Å². The predicted molar refractivity (Wildman–Crippen MR) is 105 cm³/mol. The van der Waals surface area contributed by atoms with Gasteiger partial charge >= 0.3 is 12.0 Å². The normalized spacial score (nSPS) is 15.8. The Bertz CT molecular complexity index is 923. The number of hydrogen-bond donors (Lipinski definition) is 2. The van der Waals surface area contributed by atoms with Crippen LogP contribution in [0.2, 0.25) is 0 Å². The van der Waals surface area contributed by atoms with Crippen LogP contribution in [0.25, 0.3) is 0 Å². The van der Waals surface area contributed by atoms with E-state index in [0.717, 1.165) is 0 Å². The Hall–Kier alpha value is -3.68. The van der Waals surface area contributed by atoms with Crippen molar-refractivity contribution in [3.05, 3.63) is 65.4 Å². The van der Waals surface area contributed by atoms with Crippen LogP contribution < -0.4 is 24.8 Å². The Balaban J connectivity index is 1.93. The largest absolute Gasteiger partial charge is 0.497 e. The second-order valence-corrected chi connectivity index (χ2v) is 6.16. The van der Waals surface area contributed by atoms with E-state index in [1.165, 1.54) is 7.11 Å². The fraction of sp³-hybridized carbons (Fsp3) is 0.238. The van der Waals surface area contributed by atoms with Crippen molar-refractivity contribution < 1.29 is 28.5 Å². The van der Waals surface area contributed by atoms with Gasteiger partial charge in [-0.25, -0.2) is 9.59 Å². The molecule has 29 heavy (non-hydrogen) atoms. The van der Waals surface area contributed by atoms with E-state index in [-0.39, 0.29) is 12.2 Å². The van der Waals surface area contributed by atoms with Crippen molar-refractivity contribution in [1.29, 1.82) is 0 Å². The minimum atomic E-state index is -0.708. The predicted octanol–water partition coefficient (Wildman–Crippen LogP) is 2.56. The molecule has 0 bridgehead atoms. The van der Waals surface area contributed by atoms with Crippen LogP contribution >= 0.6 is 0 Å². The molecule has 0 saturated carbocycles. The first-order chi connectivity index (χ1) is 14.0. The summed E-state index contributed by atoms with van der Waals surface area (Å²) in [6.07, 6.45) is 0. The highest BCUT2D eigenvalue weighted by Crippen LogP contribution is 2.30. The van der Waals surface area contributed by atoms with Gasteiger partial charge in [-0.3, -0.25) is 0 Å². The molecule has 1 atom stereocenters. The Morgan fingerprint density at radius 1 is 0.966 bits per heavy atom. The molecular formula is C21H22N2O6. The number of hydrogen-bond acceptors (Lipinski definition) is 6. The Labute approximate surface area is 168 Å². The van der Waals surface area contributed by atoms with E-state index in [1.54, 1.807) is 62.8 Å². The lowest BCUT2D eigenvalue weighted by Gasteiger charge is -2.29. The lowest BCUT2D eigenvalue weighted by Crippen LogP contribution is -2.47. The monoisotopic (exact) mass is 398 g/mol. The molecule has 0 spiro atoms. The minimum Gasteiger partial charge on any atom is -0.497 e. The van der Waals surface area contributed by atoms with Crippen LogP contribution in [0, 0.1) is 0 Å². The van der Waals surface area contributed by atoms with Gasteiger partial charge in [-0.05, 0) is 42.0 Å². The van der Waals surface area contributed by atoms with Crippen molar-refractivity contribution in [1.82, 2.24) is 10.6 Å². The average molecular weight is 398 g/mol. The maximum Gasteiger partial charge on any atom is 0.338 e. The van der Waals surface area contributed by atoms with Crippen LogP contribution in [0.1, 0.15) is 11.6 Å². The topological polar surface area (TPSA) is 95.1 Å². The van der Waals surface area contributed by atoms with Crippen LogP contribution in [-0.4, -0.2) is 39.9 Å². The van der Waals surface area contributed by atoms with Crippen molar-refractivity contribution in [2.45, 2.75) is 6.04 Å². The molecule has 1 heterocycles. The van der Waals surface area contributed by atoms with E-state index in [9.17, 15) is 9.59 Å². The second-order valence-electron chi connectivity index (χ2n) is 6.16. The molecule has 0 radical (unpaired) electrons. The fourth-order valence-electron chi connectivity index (χ4n) is 2.98. The van der Waals surface area contributed by atoms with Crippen molar-refractivity contribution in [3.63, 3.8) is 0 Å². The first-order valence-electron chi connectivity index (χ1n) is 8.85. The third-order valence-corrected chi connectivity index (χ3v) is 4.43. The zero-order valence-corrected chi connectivity index (χ0v) is 16.4. The van der Waals surface area contributed by atoms with E-state index in [1.807, 2.05) is 0 Å². The quantitative estimate of drug-likeness (QED) is 0.696. The molecule has 0 aliphatic carbocycles. The maximum absolute atomic E-state index is 12.5. The number of rotatable bonds is 7. The first kappa shape index (κ1) is 20.1. The molecule has 1 unspecified atom stereocenters. The zero-order chi connectivity index (χ0) is 20.8. The van der Waals surface area contributed by atoms with Gasteiger partial charge in [0, 0.05) is 0 Å². The lowest BCUT2D eigenvalue weighted by atomic mass is 9.95. The third-order valence-electron chi connectivity index (χ3n) is 4.43. The molecule has 2 aromatic carbocycles. The van der Waals surface area contributed by atoms with Crippen molar-refractivity contribution in [3.8, 4) is 17.2 Å². The van der Waals surface area contributed by atoms with Crippen LogP contribution in [0.5, 0.6) is 17.2 Å². The average Bonchev–Trinajstić information content (AvgIpc) is 2.77. The van der Waals surface area contributed by atoms with E-state index in [2.05, 4.69) is 10.6 Å². The number of esters is 1. The van der Waals surface area contributed by atoms with Crippen LogP contribution in [0.4, 0.5) is 4.79 Å². The van der Waals surface area contributed by atoms with Gasteiger partial charge in [0.2, 0.25) is 0 Å². The van der Waals surface area contributed by atoms with Gasteiger partial charge in [0.15, 0.2) is 0 Å². The highest BCUT2D eigenvalue weighted by atomic mass is 16.5. The Morgan fingerprint density at radius 3 is 2.31 bits per heavy atom. The molecule has 152 valence electrons. The first-order valence-corrected chi connectivity index (χ1v) is 8.85. The third kappa shape index (κ3) is 4.60. The summed E-state index contributed by atoms with van der Waals surface area (Å²) in [6, 6.07) is 12.9. The van der Waals surface area contributed by atoms with E-state index >= 15 is 0 Å². The molecule has 1 aliphatic rings. The summed E-state index contributed by atoms with van der Waals surface area (Å²) in [6.45, 7) is -0.0232. The van der Waals surface area contributed by atoms with Crippen LogP contribution in [-0.2, 0) is 9.53 Å². The molecule has 2 N–H and O–H groups in total. The number of urea groups is 1. The Morgan fingerprint density at radius 2 is 1.66 bits per heavy atom. The number of ether oxygens (including phenoxy) is 4. The number of amides is 2. The standard InChI is InChI=1S/C21H22N2O6/c1-26-14-7-9-15(10-8-14)29-12-17-18(20(24)28-3)19(23-21(25)22-17)13-5-4-6-16(11-13)27-2/h4-11,19H,12H2,1-3H3,(H2,22,23,25). The number of carbonyl (C=O) groups is 2. The summed E-state index contributed by atoms with van der Waals surface area (Å²) in [7, 11) is 4.41. The molecule has 2 amide bonds. The number of benzene rings is 2. The summed E-state index contributed by atoms with van der Waals surface area (Å²) < 4.78 is 21.1. The SMILES string of the molecule is COC(=O)C1=C(COc2ccc(OC)cc2)NC(=O)NC1c1cccc(OC)c1. The summed E-state index contributed by atoms with van der Waals surface area (Å²) >= 11 is 0. The summed E-state index contributed by atoms with van der Waals surface area (Å²) in [5.41, 5.74) is 1.26. The van der Waals surface area contributed by atoms with Gasteiger partial charge in [-0.2, -0.15) is 0 Å².